The minimum absolute atomic E-state index is 0.0958. The lowest BCUT2D eigenvalue weighted by Crippen LogP contribution is -2.35. The molecule has 1 saturated carbocycles. The lowest BCUT2D eigenvalue weighted by atomic mass is 10.0. The van der Waals surface area contributed by atoms with Crippen LogP contribution in [-0.4, -0.2) is 43.0 Å². The second-order valence-corrected chi connectivity index (χ2v) is 8.45. The van der Waals surface area contributed by atoms with Gasteiger partial charge in [-0.2, -0.15) is 0 Å². The van der Waals surface area contributed by atoms with Crippen LogP contribution in [0.3, 0.4) is 0 Å². The van der Waals surface area contributed by atoms with Crippen molar-refractivity contribution >= 4 is 17.5 Å². The van der Waals surface area contributed by atoms with E-state index in [9.17, 15) is 9.59 Å². The lowest BCUT2D eigenvalue weighted by molar-refractivity contribution is -0.117. The molecule has 1 unspecified atom stereocenters. The van der Waals surface area contributed by atoms with Gasteiger partial charge >= 0.3 is 0 Å². The highest BCUT2D eigenvalue weighted by Crippen LogP contribution is 2.32. The van der Waals surface area contributed by atoms with Crippen molar-refractivity contribution < 1.29 is 14.3 Å². The van der Waals surface area contributed by atoms with E-state index in [4.69, 9.17) is 4.74 Å². The third kappa shape index (κ3) is 5.25. The normalized spacial score (nSPS) is 19.3. The molecule has 2 aliphatic rings. The van der Waals surface area contributed by atoms with E-state index >= 15 is 0 Å². The number of hydrogen-bond acceptors (Lipinski definition) is 4. The Morgan fingerprint density at radius 2 is 1.74 bits per heavy atom. The predicted molar refractivity (Wildman–Crippen MR) is 121 cm³/mol. The van der Waals surface area contributed by atoms with Crippen LogP contribution in [-0.2, 0) is 4.79 Å². The number of nitrogens with zero attached hydrogens (tertiary/aromatic N) is 1. The Morgan fingerprint density at radius 3 is 2.48 bits per heavy atom. The van der Waals surface area contributed by atoms with Gasteiger partial charge in [-0.1, -0.05) is 37.1 Å². The molecule has 1 heterocycles. The third-order valence-electron chi connectivity index (χ3n) is 6.35. The van der Waals surface area contributed by atoms with Gasteiger partial charge < -0.3 is 15.4 Å². The molecule has 2 fully saturated rings. The molecular formula is C25H31N3O3. The summed E-state index contributed by atoms with van der Waals surface area (Å²) in [6, 6.07) is 15.8. The number of amides is 2. The molecule has 2 aromatic carbocycles. The van der Waals surface area contributed by atoms with Gasteiger partial charge in [0.05, 0.1) is 24.9 Å². The van der Waals surface area contributed by atoms with Crippen molar-refractivity contribution in [3.63, 3.8) is 0 Å². The fourth-order valence-electron chi connectivity index (χ4n) is 4.72. The third-order valence-corrected chi connectivity index (χ3v) is 6.35. The molecule has 4 rings (SSSR count). The topological polar surface area (TPSA) is 70.7 Å². The fourth-order valence-corrected chi connectivity index (χ4v) is 4.72. The summed E-state index contributed by atoms with van der Waals surface area (Å²) in [5.41, 5.74) is 2.29. The van der Waals surface area contributed by atoms with Gasteiger partial charge in [-0.3, -0.25) is 14.5 Å². The molecule has 2 amide bonds. The quantitative estimate of drug-likeness (QED) is 0.705. The van der Waals surface area contributed by atoms with Gasteiger partial charge in [-0.15, -0.1) is 0 Å². The van der Waals surface area contributed by atoms with E-state index in [0.717, 1.165) is 50.8 Å². The zero-order chi connectivity index (χ0) is 21.6. The van der Waals surface area contributed by atoms with Crippen LogP contribution >= 0.6 is 0 Å². The number of benzene rings is 2. The zero-order valence-electron chi connectivity index (χ0n) is 18.1. The largest absolute Gasteiger partial charge is 0.497 e. The van der Waals surface area contributed by atoms with Crippen LogP contribution in [0.15, 0.2) is 48.5 Å². The first-order valence-electron chi connectivity index (χ1n) is 11.2. The molecule has 0 bridgehead atoms. The first-order valence-corrected chi connectivity index (χ1v) is 11.2. The van der Waals surface area contributed by atoms with E-state index < -0.39 is 0 Å². The minimum atomic E-state index is -0.111. The highest BCUT2D eigenvalue weighted by Gasteiger charge is 2.28. The van der Waals surface area contributed by atoms with Crippen LogP contribution in [0.1, 0.15) is 60.5 Å². The second kappa shape index (κ2) is 9.96. The second-order valence-electron chi connectivity index (χ2n) is 8.45. The van der Waals surface area contributed by atoms with Crippen LogP contribution in [0.25, 0.3) is 0 Å². The summed E-state index contributed by atoms with van der Waals surface area (Å²) < 4.78 is 5.25. The molecule has 6 nitrogen and oxygen atoms in total. The summed E-state index contributed by atoms with van der Waals surface area (Å²) in [5, 5.41) is 6.08. The van der Waals surface area contributed by atoms with Crippen LogP contribution in [0.4, 0.5) is 5.69 Å². The molecule has 164 valence electrons. The molecule has 1 saturated heterocycles. The van der Waals surface area contributed by atoms with Crippen molar-refractivity contribution in [2.24, 2.45) is 0 Å². The Morgan fingerprint density at radius 1 is 1.00 bits per heavy atom. The van der Waals surface area contributed by atoms with E-state index in [0.29, 0.717) is 17.8 Å². The van der Waals surface area contributed by atoms with Gasteiger partial charge in [0.1, 0.15) is 5.75 Å². The van der Waals surface area contributed by atoms with Gasteiger partial charge in [-0.25, -0.2) is 0 Å². The maximum Gasteiger partial charge on any atom is 0.253 e. The van der Waals surface area contributed by atoms with E-state index in [1.807, 2.05) is 24.3 Å². The standard InChI is InChI=1S/C25H31N3O3/c1-31-20-14-12-18(13-15-20)23-11-6-16-28(23)17-24(29)27-22-10-5-4-9-21(22)25(30)26-19-7-2-3-8-19/h4-5,9-10,12-15,19,23H,2-3,6-8,11,16-17H2,1H3,(H,26,30)(H,27,29). The lowest BCUT2D eigenvalue weighted by Gasteiger charge is -2.24. The van der Waals surface area contributed by atoms with Gasteiger partial charge in [0.25, 0.3) is 5.91 Å². The summed E-state index contributed by atoms with van der Waals surface area (Å²) in [5.74, 6) is 0.625. The SMILES string of the molecule is COc1ccc(C2CCCN2CC(=O)Nc2ccccc2C(=O)NC2CCCC2)cc1. The number of rotatable bonds is 7. The molecule has 1 aliphatic heterocycles. The van der Waals surface area contributed by atoms with Crippen molar-refractivity contribution in [3.05, 3.63) is 59.7 Å². The van der Waals surface area contributed by atoms with Crippen molar-refractivity contribution in [1.82, 2.24) is 10.2 Å². The number of para-hydroxylation sites is 1. The molecule has 0 radical (unpaired) electrons. The van der Waals surface area contributed by atoms with Crippen LogP contribution in [0.5, 0.6) is 5.75 Å². The number of nitrogens with one attached hydrogen (secondary N) is 2. The van der Waals surface area contributed by atoms with Crippen LogP contribution in [0, 0.1) is 0 Å². The maximum absolute atomic E-state index is 12.9. The molecule has 2 aromatic rings. The first kappa shape index (κ1) is 21.4. The first-order chi connectivity index (χ1) is 15.1. The average molecular weight is 422 g/mol. The van der Waals surface area contributed by atoms with Gasteiger partial charge in [-0.05, 0) is 62.1 Å². The number of anilines is 1. The predicted octanol–water partition coefficient (Wildman–Crippen LogP) is 4.14. The summed E-state index contributed by atoms with van der Waals surface area (Å²) in [6.07, 6.45) is 6.47. The van der Waals surface area contributed by atoms with Crippen molar-refractivity contribution in [3.8, 4) is 5.75 Å². The summed E-state index contributed by atoms with van der Waals surface area (Å²) in [7, 11) is 1.66. The molecule has 0 aromatic heterocycles. The van der Waals surface area contributed by atoms with E-state index in [1.54, 1.807) is 19.2 Å². The highest BCUT2D eigenvalue weighted by atomic mass is 16.5. The van der Waals surface area contributed by atoms with Crippen LogP contribution < -0.4 is 15.4 Å². The van der Waals surface area contributed by atoms with E-state index in [1.165, 1.54) is 5.56 Å². The maximum atomic E-state index is 12.9. The van der Waals surface area contributed by atoms with E-state index in [2.05, 4.69) is 27.7 Å². The molecule has 1 aliphatic carbocycles. The number of methoxy groups -OCH3 is 1. The van der Waals surface area contributed by atoms with Crippen molar-refractivity contribution in [1.29, 1.82) is 0 Å². The Balaban J connectivity index is 1.39. The molecule has 2 N–H and O–H groups in total. The Hall–Kier alpha value is -2.86. The zero-order valence-corrected chi connectivity index (χ0v) is 18.1. The average Bonchev–Trinajstić information content (AvgIpc) is 3.46. The summed E-state index contributed by atoms with van der Waals surface area (Å²) >= 11 is 0. The number of likely N-dealkylation sites (tertiary alicyclic amines) is 1. The number of hydrogen-bond donors (Lipinski definition) is 2. The minimum Gasteiger partial charge on any atom is -0.497 e. The number of carbonyl (C=O) groups is 2. The monoisotopic (exact) mass is 421 g/mol. The van der Waals surface area contributed by atoms with Gasteiger partial charge in [0.15, 0.2) is 0 Å². The van der Waals surface area contributed by atoms with Crippen molar-refractivity contribution in [2.75, 3.05) is 25.5 Å². The Labute approximate surface area is 184 Å². The Kier molecular flexibility index (Phi) is 6.87. The van der Waals surface area contributed by atoms with Gasteiger partial charge in [0.2, 0.25) is 5.91 Å². The fraction of sp³-hybridized carbons (Fsp3) is 0.440. The van der Waals surface area contributed by atoms with Gasteiger partial charge in [0, 0.05) is 12.1 Å². The molecular weight excluding hydrogens is 390 g/mol. The number of ether oxygens (including phenoxy) is 1. The summed E-state index contributed by atoms with van der Waals surface area (Å²) in [4.78, 5) is 27.8. The molecule has 1 atom stereocenters. The molecule has 6 heteroatoms. The smallest absolute Gasteiger partial charge is 0.253 e. The summed E-state index contributed by atoms with van der Waals surface area (Å²) in [6.45, 7) is 1.18. The molecule has 0 spiro atoms. The number of carbonyl (C=O) groups excluding carboxylic acids is 2. The van der Waals surface area contributed by atoms with Crippen molar-refractivity contribution in [2.45, 2.75) is 50.6 Å². The molecule has 31 heavy (non-hydrogen) atoms. The van der Waals surface area contributed by atoms with E-state index in [-0.39, 0.29) is 23.9 Å². The van der Waals surface area contributed by atoms with Crippen LogP contribution in [0.2, 0.25) is 0 Å². The Bertz CT molecular complexity index is 906. The highest BCUT2D eigenvalue weighted by molar-refractivity contribution is 6.04.